The molecule has 0 radical (unpaired) electrons. The van der Waals surface area contributed by atoms with E-state index in [0.29, 0.717) is 6.61 Å². The lowest BCUT2D eigenvalue weighted by molar-refractivity contribution is 0.115. The highest BCUT2D eigenvalue weighted by atomic mass is 16.5. The van der Waals surface area contributed by atoms with Crippen molar-refractivity contribution in [3.63, 3.8) is 0 Å². The first-order chi connectivity index (χ1) is 9.27. The van der Waals surface area contributed by atoms with Crippen LogP contribution in [0, 0.1) is 0 Å². The number of aliphatic hydroxyl groups is 1. The van der Waals surface area contributed by atoms with Gasteiger partial charge in [-0.2, -0.15) is 0 Å². The van der Waals surface area contributed by atoms with Crippen molar-refractivity contribution < 1.29 is 9.84 Å². The minimum absolute atomic E-state index is 0.206. The number of aliphatic hydroxyl groups excluding tert-OH is 1. The number of rotatable bonds is 6. The molecule has 0 amide bonds. The van der Waals surface area contributed by atoms with Crippen LogP contribution in [0.25, 0.3) is 0 Å². The van der Waals surface area contributed by atoms with E-state index in [1.54, 1.807) is 0 Å². The number of allylic oxidation sites excluding steroid dienone is 1. The molecule has 1 aliphatic carbocycles. The van der Waals surface area contributed by atoms with Crippen LogP contribution in [0.1, 0.15) is 44.6 Å². The van der Waals surface area contributed by atoms with Crippen LogP contribution in [-0.4, -0.2) is 17.8 Å². The summed E-state index contributed by atoms with van der Waals surface area (Å²) in [6, 6.07) is 10.2. The third-order valence-electron chi connectivity index (χ3n) is 3.83. The SMILES string of the molecule is CC1=C(CCCOCc2ccccc2)C(O)CCC1. The predicted octanol–water partition coefficient (Wildman–Crippen LogP) is 3.84. The molecule has 0 fully saturated rings. The first kappa shape index (κ1) is 14.3. The summed E-state index contributed by atoms with van der Waals surface area (Å²) in [6.45, 7) is 3.60. The van der Waals surface area contributed by atoms with Crippen LogP contribution >= 0.6 is 0 Å². The molecule has 19 heavy (non-hydrogen) atoms. The van der Waals surface area contributed by atoms with E-state index in [1.165, 1.54) is 16.7 Å². The summed E-state index contributed by atoms with van der Waals surface area (Å²) in [4.78, 5) is 0. The largest absolute Gasteiger partial charge is 0.389 e. The highest BCUT2D eigenvalue weighted by Gasteiger charge is 2.17. The van der Waals surface area contributed by atoms with Gasteiger partial charge in [0.2, 0.25) is 0 Å². The molecule has 0 saturated heterocycles. The number of ether oxygens (including phenoxy) is 1. The van der Waals surface area contributed by atoms with Crippen LogP contribution < -0.4 is 0 Å². The average Bonchev–Trinajstić information content (AvgIpc) is 2.42. The molecule has 1 aromatic carbocycles. The van der Waals surface area contributed by atoms with E-state index in [9.17, 15) is 5.11 Å². The lowest BCUT2D eigenvalue weighted by Crippen LogP contribution is -2.17. The van der Waals surface area contributed by atoms with Gasteiger partial charge in [-0.1, -0.05) is 35.9 Å². The molecule has 1 atom stereocenters. The maximum atomic E-state index is 9.98. The van der Waals surface area contributed by atoms with Crippen LogP contribution in [0.4, 0.5) is 0 Å². The summed E-state index contributed by atoms with van der Waals surface area (Å²) < 4.78 is 5.68. The van der Waals surface area contributed by atoms with Crippen molar-refractivity contribution in [1.29, 1.82) is 0 Å². The molecule has 0 spiro atoms. The second-order valence-electron chi connectivity index (χ2n) is 5.36. The fourth-order valence-corrected chi connectivity index (χ4v) is 2.69. The summed E-state index contributed by atoms with van der Waals surface area (Å²) in [5, 5.41) is 9.98. The summed E-state index contributed by atoms with van der Waals surface area (Å²) in [7, 11) is 0. The van der Waals surface area contributed by atoms with Gasteiger partial charge in [-0.15, -0.1) is 0 Å². The van der Waals surface area contributed by atoms with Gasteiger partial charge in [-0.25, -0.2) is 0 Å². The van der Waals surface area contributed by atoms with Gasteiger partial charge >= 0.3 is 0 Å². The summed E-state index contributed by atoms with van der Waals surface area (Å²) in [5.74, 6) is 0. The van der Waals surface area contributed by atoms with E-state index >= 15 is 0 Å². The first-order valence-corrected chi connectivity index (χ1v) is 7.25. The highest BCUT2D eigenvalue weighted by molar-refractivity contribution is 5.19. The van der Waals surface area contributed by atoms with E-state index in [-0.39, 0.29) is 6.10 Å². The molecule has 1 unspecified atom stereocenters. The Bertz CT molecular complexity index is 409. The molecular formula is C17H24O2. The zero-order valence-electron chi connectivity index (χ0n) is 11.8. The van der Waals surface area contributed by atoms with Crippen molar-refractivity contribution >= 4 is 0 Å². The highest BCUT2D eigenvalue weighted by Crippen LogP contribution is 2.27. The maximum absolute atomic E-state index is 9.98. The van der Waals surface area contributed by atoms with Gasteiger partial charge in [-0.3, -0.25) is 0 Å². The molecule has 2 heteroatoms. The van der Waals surface area contributed by atoms with Crippen molar-refractivity contribution in [1.82, 2.24) is 0 Å². The van der Waals surface area contributed by atoms with Gasteiger partial charge in [0.15, 0.2) is 0 Å². The van der Waals surface area contributed by atoms with Crippen molar-refractivity contribution in [2.75, 3.05) is 6.61 Å². The van der Waals surface area contributed by atoms with Crippen molar-refractivity contribution in [3.8, 4) is 0 Å². The zero-order valence-corrected chi connectivity index (χ0v) is 11.8. The van der Waals surface area contributed by atoms with E-state index in [4.69, 9.17) is 4.74 Å². The van der Waals surface area contributed by atoms with Gasteiger partial charge in [0.1, 0.15) is 0 Å². The fourth-order valence-electron chi connectivity index (χ4n) is 2.69. The topological polar surface area (TPSA) is 29.5 Å². The van der Waals surface area contributed by atoms with Gasteiger partial charge < -0.3 is 9.84 Å². The smallest absolute Gasteiger partial charge is 0.0752 e. The molecule has 0 bridgehead atoms. The number of hydrogen-bond acceptors (Lipinski definition) is 2. The van der Waals surface area contributed by atoms with Gasteiger partial charge in [0.25, 0.3) is 0 Å². The molecule has 1 aliphatic rings. The Hall–Kier alpha value is -1.12. The average molecular weight is 260 g/mol. The van der Waals surface area contributed by atoms with E-state index < -0.39 is 0 Å². The molecule has 2 nitrogen and oxygen atoms in total. The second kappa shape index (κ2) is 7.46. The molecule has 0 aliphatic heterocycles. The van der Waals surface area contributed by atoms with Gasteiger partial charge in [0, 0.05) is 6.61 Å². The molecule has 0 heterocycles. The molecule has 0 saturated carbocycles. The van der Waals surface area contributed by atoms with Crippen LogP contribution in [0.5, 0.6) is 0 Å². The molecule has 104 valence electrons. The Morgan fingerprint density at radius 2 is 2.05 bits per heavy atom. The Balaban J connectivity index is 1.67. The minimum atomic E-state index is -0.206. The maximum Gasteiger partial charge on any atom is 0.0752 e. The predicted molar refractivity (Wildman–Crippen MR) is 77.9 cm³/mol. The third kappa shape index (κ3) is 4.48. The lowest BCUT2D eigenvalue weighted by Gasteiger charge is -2.23. The Morgan fingerprint density at radius 3 is 2.79 bits per heavy atom. The molecule has 2 rings (SSSR count). The first-order valence-electron chi connectivity index (χ1n) is 7.25. The van der Waals surface area contributed by atoms with Crippen molar-refractivity contribution in [2.45, 2.75) is 51.7 Å². The standard InChI is InChI=1S/C17H24O2/c1-14-7-5-11-17(18)16(14)10-6-12-19-13-15-8-3-2-4-9-15/h2-4,8-9,17-18H,5-7,10-13H2,1H3. The Morgan fingerprint density at radius 1 is 1.26 bits per heavy atom. The van der Waals surface area contributed by atoms with Crippen LogP contribution in [0.15, 0.2) is 41.5 Å². The summed E-state index contributed by atoms with van der Waals surface area (Å²) in [5.41, 5.74) is 3.87. The zero-order chi connectivity index (χ0) is 13.5. The van der Waals surface area contributed by atoms with Crippen LogP contribution in [0.2, 0.25) is 0 Å². The normalized spacial score (nSPS) is 19.8. The Kier molecular flexibility index (Phi) is 5.62. The van der Waals surface area contributed by atoms with Crippen LogP contribution in [-0.2, 0) is 11.3 Å². The van der Waals surface area contributed by atoms with E-state index in [0.717, 1.165) is 38.7 Å². The number of benzene rings is 1. The van der Waals surface area contributed by atoms with Crippen LogP contribution in [0.3, 0.4) is 0 Å². The summed E-state index contributed by atoms with van der Waals surface area (Å²) in [6.07, 6.45) is 4.97. The molecular weight excluding hydrogens is 236 g/mol. The van der Waals surface area contributed by atoms with Gasteiger partial charge in [-0.05, 0) is 50.2 Å². The van der Waals surface area contributed by atoms with Gasteiger partial charge in [0.05, 0.1) is 12.7 Å². The quantitative estimate of drug-likeness (QED) is 0.622. The number of hydrogen-bond donors (Lipinski definition) is 1. The fraction of sp³-hybridized carbons (Fsp3) is 0.529. The Labute approximate surface area is 116 Å². The molecule has 1 aromatic rings. The van der Waals surface area contributed by atoms with E-state index in [1.807, 2.05) is 18.2 Å². The minimum Gasteiger partial charge on any atom is -0.389 e. The third-order valence-corrected chi connectivity index (χ3v) is 3.83. The van der Waals surface area contributed by atoms with E-state index in [2.05, 4.69) is 19.1 Å². The van der Waals surface area contributed by atoms with Crippen molar-refractivity contribution in [3.05, 3.63) is 47.0 Å². The molecule has 0 aromatic heterocycles. The monoisotopic (exact) mass is 260 g/mol. The summed E-state index contributed by atoms with van der Waals surface area (Å²) >= 11 is 0. The second-order valence-corrected chi connectivity index (χ2v) is 5.36. The van der Waals surface area contributed by atoms with Crippen molar-refractivity contribution in [2.24, 2.45) is 0 Å². The lowest BCUT2D eigenvalue weighted by atomic mass is 9.88. The molecule has 1 N–H and O–H groups in total.